The van der Waals surface area contributed by atoms with E-state index in [1.54, 1.807) is 13.1 Å². The largest absolute Gasteiger partial charge is 0.451 e. The molecule has 1 aromatic rings. The number of aryl methyl sites for hydroxylation is 1. The first-order valence-corrected chi connectivity index (χ1v) is 3.34. The van der Waals surface area contributed by atoms with Gasteiger partial charge in [-0.05, 0) is 0 Å². The molecule has 0 saturated heterocycles. The second-order valence-corrected chi connectivity index (χ2v) is 2.15. The van der Waals surface area contributed by atoms with Gasteiger partial charge in [0.2, 0.25) is 5.88 Å². The average Bonchev–Trinajstić information content (AvgIpc) is 2.43. The van der Waals surface area contributed by atoms with Crippen molar-refractivity contribution in [2.24, 2.45) is 7.05 Å². The van der Waals surface area contributed by atoms with Gasteiger partial charge in [0.25, 0.3) is 0 Å². The molecule has 1 heterocycles. The van der Waals surface area contributed by atoms with Gasteiger partial charge >= 0.3 is 0 Å². The molecule has 5 nitrogen and oxygen atoms in total. The zero-order valence-electron chi connectivity index (χ0n) is 6.94. The first kappa shape index (κ1) is 8.56. The molecule has 0 N–H and O–H groups in total. The summed E-state index contributed by atoms with van der Waals surface area (Å²) in [5.74, 6) is 0.522. The van der Waals surface area contributed by atoms with E-state index < -0.39 is 0 Å². The highest BCUT2D eigenvalue weighted by Gasteiger charge is 2.03. The van der Waals surface area contributed by atoms with Crippen molar-refractivity contribution in [1.82, 2.24) is 9.78 Å². The molecule has 0 fully saturated rings. The van der Waals surface area contributed by atoms with E-state index in [0.29, 0.717) is 11.6 Å². The summed E-state index contributed by atoms with van der Waals surface area (Å²) in [5.41, 5.74) is 0.337. The van der Waals surface area contributed by atoms with Gasteiger partial charge in [-0.1, -0.05) is 0 Å². The van der Waals surface area contributed by atoms with Gasteiger partial charge in [0.15, 0.2) is 12.5 Å². The van der Waals surface area contributed by atoms with Gasteiger partial charge in [0.1, 0.15) is 6.07 Å². The fourth-order valence-corrected chi connectivity index (χ4v) is 0.759. The minimum absolute atomic E-state index is 0.157. The molecule has 0 aromatic carbocycles. The molecule has 1 aromatic heterocycles. The number of hydrogen-bond donors (Lipinski definition) is 0. The molecule has 0 amide bonds. The molecule has 0 aliphatic heterocycles. The summed E-state index contributed by atoms with van der Waals surface area (Å²) in [7, 11) is 3.23. The van der Waals surface area contributed by atoms with Crippen LogP contribution in [0.25, 0.3) is 0 Å². The van der Waals surface area contributed by atoms with E-state index in [1.165, 1.54) is 11.8 Å². The Bertz CT molecular complexity index is 300. The number of hydrogen-bond acceptors (Lipinski definition) is 4. The molecule has 1 rings (SSSR count). The summed E-state index contributed by atoms with van der Waals surface area (Å²) in [6.07, 6.45) is 0. The van der Waals surface area contributed by atoms with Crippen molar-refractivity contribution in [3.63, 3.8) is 0 Å². The van der Waals surface area contributed by atoms with Crippen LogP contribution < -0.4 is 4.74 Å². The highest BCUT2D eigenvalue weighted by atomic mass is 16.7. The number of ether oxygens (including phenoxy) is 2. The van der Waals surface area contributed by atoms with Crippen molar-refractivity contribution in [2.45, 2.75) is 0 Å². The van der Waals surface area contributed by atoms with Crippen molar-refractivity contribution in [2.75, 3.05) is 13.9 Å². The zero-order chi connectivity index (χ0) is 8.97. The summed E-state index contributed by atoms with van der Waals surface area (Å²) in [5, 5.41) is 12.3. The number of methoxy groups -OCH3 is 1. The summed E-state index contributed by atoms with van der Waals surface area (Å²) < 4.78 is 11.3. The minimum atomic E-state index is 0.157. The van der Waals surface area contributed by atoms with E-state index in [2.05, 4.69) is 5.10 Å². The monoisotopic (exact) mass is 167 g/mol. The third-order valence-electron chi connectivity index (χ3n) is 1.28. The Morgan fingerprint density at radius 1 is 1.75 bits per heavy atom. The molecule has 0 aliphatic rings. The Hall–Kier alpha value is -1.54. The van der Waals surface area contributed by atoms with Gasteiger partial charge in [0, 0.05) is 20.2 Å². The Labute approximate surface area is 70.1 Å². The highest BCUT2D eigenvalue weighted by molar-refractivity contribution is 5.25. The van der Waals surface area contributed by atoms with Crippen molar-refractivity contribution in [1.29, 1.82) is 5.26 Å². The highest BCUT2D eigenvalue weighted by Crippen LogP contribution is 2.10. The molecule has 64 valence electrons. The second-order valence-electron chi connectivity index (χ2n) is 2.15. The van der Waals surface area contributed by atoms with Crippen LogP contribution in [0.2, 0.25) is 0 Å². The third-order valence-corrected chi connectivity index (χ3v) is 1.28. The number of aromatic nitrogens is 2. The van der Waals surface area contributed by atoms with Gasteiger partial charge in [-0.15, -0.1) is 0 Å². The van der Waals surface area contributed by atoms with Crippen LogP contribution in [0.5, 0.6) is 5.88 Å². The fraction of sp³-hybridized carbons (Fsp3) is 0.429. The second kappa shape index (κ2) is 3.74. The number of nitriles is 1. The molecule has 0 aliphatic carbocycles. The molecule has 0 radical (unpaired) electrons. The van der Waals surface area contributed by atoms with Crippen molar-refractivity contribution >= 4 is 0 Å². The smallest absolute Gasteiger partial charge is 0.215 e. The van der Waals surface area contributed by atoms with Gasteiger partial charge in [-0.2, -0.15) is 10.4 Å². The topological polar surface area (TPSA) is 60.1 Å². The first-order chi connectivity index (χ1) is 5.77. The third kappa shape index (κ3) is 1.74. The Morgan fingerprint density at radius 3 is 3.00 bits per heavy atom. The number of nitrogens with zero attached hydrogens (tertiary/aromatic N) is 3. The van der Waals surface area contributed by atoms with Crippen LogP contribution in [0.3, 0.4) is 0 Å². The molecule has 0 bridgehead atoms. The SMILES string of the molecule is COCOc1cc(C#N)nn1C. The molecular formula is C7H9N3O2. The molecule has 0 spiro atoms. The van der Waals surface area contributed by atoms with E-state index in [1.807, 2.05) is 6.07 Å². The van der Waals surface area contributed by atoms with Crippen LogP contribution in [0, 0.1) is 11.3 Å². The van der Waals surface area contributed by atoms with Gasteiger partial charge in [0.05, 0.1) is 0 Å². The maximum Gasteiger partial charge on any atom is 0.215 e. The van der Waals surface area contributed by atoms with Crippen LogP contribution in [-0.2, 0) is 11.8 Å². The van der Waals surface area contributed by atoms with Crippen molar-refractivity contribution in [3.8, 4) is 11.9 Å². The van der Waals surface area contributed by atoms with E-state index in [-0.39, 0.29) is 6.79 Å². The van der Waals surface area contributed by atoms with E-state index in [0.717, 1.165) is 0 Å². The van der Waals surface area contributed by atoms with Crippen LogP contribution in [0.1, 0.15) is 5.69 Å². The lowest BCUT2D eigenvalue weighted by Crippen LogP contribution is -2.03. The predicted octanol–water partition coefficient (Wildman–Crippen LogP) is 0.274. The fourth-order valence-electron chi connectivity index (χ4n) is 0.759. The Kier molecular flexibility index (Phi) is 2.66. The average molecular weight is 167 g/mol. The lowest BCUT2D eigenvalue weighted by molar-refractivity contribution is 0.0448. The molecular weight excluding hydrogens is 158 g/mol. The lowest BCUT2D eigenvalue weighted by Gasteiger charge is -2.02. The van der Waals surface area contributed by atoms with Crippen LogP contribution in [0.15, 0.2) is 6.07 Å². The predicted molar refractivity (Wildman–Crippen MR) is 40.4 cm³/mol. The molecule has 0 atom stereocenters. The maximum absolute atomic E-state index is 8.49. The minimum Gasteiger partial charge on any atom is -0.451 e. The zero-order valence-corrected chi connectivity index (χ0v) is 6.94. The Balaban J connectivity index is 2.72. The van der Waals surface area contributed by atoms with E-state index in [9.17, 15) is 0 Å². The molecule has 12 heavy (non-hydrogen) atoms. The van der Waals surface area contributed by atoms with Gasteiger partial charge in [-0.3, -0.25) is 0 Å². The number of rotatable bonds is 3. The van der Waals surface area contributed by atoms with Crippen molar-refractivity contribution < 1.29 is 9.47 Å². The van der Waals surface area contributed by atoms with Gasteiger partial charge < -0.3 is 9.47 Å². The normalized spacial score (nSPS) is 9.42. The molecule has 0 saturated carbocycles. The summed E-state index contributed by atoms with van der Waals surface area (Å²) in [6.45, 7) is 0.157. The quantitative estimate of drug-likeness (QED) is 0.606. The van der Waals surface area contributed by atoms with E-state index >= 15 is 0 Å². The van der Waals surface area contributed by atoms with Crippen molar-refractivity contribution in [3.05, 3.63) is 11.8 Å². The van der Waals surface area contributed by atoms with Crippen LogP contribution >= 0.6 is 0 Å². The van der Waals surface area contributed by atoms with Gasteiger partial charge in [-0.25, -0.2) is 4.68 Å². The lowest BCUT2D eigenvalue weighted by atomic mass is 10.5. The standard InChI is InChI=1S/C7H9N3O2/c1-10-7(12-5-11-2)3-6(4-8)9-10/h3H,5H2,1-2H3. The first-order valence-electron chi connectivity index (χ1n) is 3.34. The summed E-state index contributed by atoms with van der Waals surface area (Å²) >= 11 is 0. The summed E-state index contributed by atoms with van der Waals surface area (Å²) in [4.78, 5) is 0. The summed E-state index contributed by atoms with van der Waals surface area (Å²) in [6, 6.07) is 3.47. The molecule has 0 unspecified atom stereocenters. The van der Waals surface area contributed by atoms with E-state index in [4.69, 9.17) is 14.7 Å². The van der Waals surface area contributed by atoms with Crippen LogP contribution in [0.4, 0.5) is 0 Å². The van der Waals surface area contributed by atoms with Crippen LogP contribution in [-0.4, -0.2) is 23.7 Å². The maximum atomic E-state index is 8.49. The Morgan fingerprint density at radius 2 is 2.50 bits per heavy atom. The molecule has 5 heteroatoms.